The minimum atomic E-state index is -2.29. The minimum absolute atomic E-state index is 0.0749. The van der Waals surface area contributed by atoms with Crippen LogP contribution in [0.25, 0.3) is 0 Å². The molecule has 1 heterocycles. The number of methoxy groups -OCH3 is 1. The molecule has 1 saturated heterocycles. The molecule has 1 N–H and O–H groups in total. The molecule has 2 aliphatic rings. The van der Waals surface area contributed by atoms with Crippen LogP contribution in [0.4, 0.5) is 4.39 Å². The lowest BCUT2D eigenvalue weighted by atomic mass is 9.86. The Morgan fingerprint density at radius 1 is 1.32 bits per heavy atom. The molecule has 6 heteroatoms. The highest BCUT2D eigenvalue weighted by atomic mass is 19.1. The van der Waals surface area contributed by atoms with E-state index in [1.807, 2.05) is 4.90 Å². The van der Waals surface area contributed by atoms with E-state index in [-0.39, 0.29) is 18.5 Å². The van der Waals surface area contributed by atoms with Gasteiger partial charge in [0.1, 0.15) is 5.75 Å². The molecule has 134 valence electrons. The summed E-state index contributed by atoms with van der Waals surface area (Å²) in [5, 5.41) is 18.6. The number of hydrogen-bond acceptors (Lipinski definition) is 4. The van der Waals surface area contributed by atoms with E-state index in [0.717, 1.165) is 25.7 Å². The maximum absolute atomic E-state index is 15.4. The molecular weight excluding hydrogens is 323 g/mol. The number of nitrogens with zero attached hydrogens (tertiary/aromatic N) is 2. The standard InChI is InChI=1S/C19H23FN2O3/c1-25-16-8-4-14(5-9-16)17-11-22(12-19(17,20)18(23)24)15-6-2-13(10-21)3-7-15/h4-5,8-9,13,15,17H,2-3,6-7,11-12H2,1H3,(H,23,24)/t13-,15+,17-,19-/m0/s1. The van der Waals surface area contributed by atoms with Crippen molar-refractivity contribution < 1.29 is 19.0 Å². The number of ether oxygens (including phenoxy) is 1. The van der Waals surface area contributed by atoms with Gasteiger partial charge in [-0.2, -0.15) is 5.26 Å². The first kappa shape index (κ1) is 17.7. The Balaban J connectivity index is 1.79. The van der Waals surface area contributed by atoms with Crippen molar-refractivity contribution in [1.82, 2.24) is 4.90 Å². The van der Waals surface area contributed by atoms with Gasteiger partial charge in [-0.05, 0) is 43.4 Å². The highest BCUT2D eigenvalue weighted by Gasteiger charge is 2.55. The van der Waals surface area contributed by atoms with Crippen LogP contribution >= 0.6 is 0 Å². The number of alkyl halides is 1. The number of hydrogen-bond donors (Lipinski definition) is 1. The number of carbonyl (C=O) groups is 1. The van der Waals surface area contributed by atoms with Crippen molar-refractivity contribution in [1.29, 1.82) is 5.26 Å². The largest absolute Gasteiger partial charge is 0.497 e. The zero-order valence-electron chi connectivity index (χ0n) is 14.3. The van der Waals surface area contributed by atoms with Crippen LogP contribution in [0, 0.1) is 17.2 Å². The van der Waals surface area contributed by atoms with Crippen LogP contribution in [0.2, 0.25) is 0 Å². The molecule has 0 aromatic heterocycles. The number of aliphatic carboxylic acids is 1. The summed E-state index contributed by atoms with van der Waals surface area (Å²) >= 11 is 0. The van der Waals surface area contributed by atoms with Crippen molar-refractivity contribution in [2.75, 3.05) is 20.2 Å². The summed E-state index contributed by atoms with van der Waals surface area (Å²) in [7, 11) is 1.56. The molecule has 25 heavy (non-hydrogen) atoms. The van der Waals surface area contributed by atoms with Crippen LogP contribution in [0.15, 0.2) is 24.3 Å². The smallest absolute Gasteiger partial charge is 0.343 e. The fourth-order valence-electron chi connectivity index (χ4n) is 4.12. The number of likely N-dealkylation sites (tertiary alicyclic amines) is 1. The van der Waals surface area contributed by atoms with E-state index < -0.39 is 17.6 Å². The third kappa shape index (κ3) is 3.34. The molecule has 1 aliphatic heterocycles. The molecule has 5 nitrogen and oxygen atoms in total. The second-order valence-corrected chi connectivity index (χ2v) is 7.06. The molecule has 0 spiro atoms. The first-order chi connectivity index (χ1) is 12.0. The van der Waals surface area contributed by atoms with E-state index in [4.69, 9.17) is 10.00 Å². The predicted octanol–water partition coefficient (Wildman–Crippen LogP) is 2.97. The average molecular weight is 346 g/mol. The monoisotopic (exact) mass is 346 g/mol. The second kappa shape index (κ2) is 7.01. The molecule has 2 atom stereocenters. The summed E-state index contributed by atoms with van der Waals surface area (Å²) in [6.45, 7) is 0.290. The van der Waals surface area contributed by atoms with Crippen molar-refractivity contribution in [3.63, 3.8) is 0 Å². The van der Waals surface area contributed by atoms with E-state index in [0.29, 0.717) is 17.9 Å². The average Bonchev–Trinajstić information content (AvgIpc) is 3.01. The number of carboxylic acid groups (broad SMARTS) is 1. The van der Waals surface area contributed by atoms with Crippen molar-refractivity contribution in [3.05, 3.63) is 29.8 Å². The first-order valence-corrected chi connectivity index (χ1v) is 8.68. The molecule has 3 rings (SSSR count). The van der Waals surface area contributed by atoms with Crippen molar-refractivity contribution >= 4 is 5.97 Å². The summed E-state index contributed by atoms with van der Waals surface area (Å²) in [5.74, 6) is -1.37. The Labute approximate surface area is 147 Å². The van der Waals surface area contributed by atoms with E-state index in [1.54, 1.807) is 31.4 Å². The van der Waals surface area contributed by atoms with E-state index in [1.165, 1.54) is 0 Å². The van der Waals surface area contributed by atoms with Crippen LogP contribution in [0.3, 0.4) is 0 Å². The van der Waals surface area contributed by atoms with E-state index >= 15 is 4.39 Å². The van der Waals surface area contributed by atoms with Crippen molar-refractivity contribution in [2.24, 2.45) is 5.92 Å². The predicted molar refractivity (Wildman–Crippen MR) is 90.1 cm³/mol. The third-order valence-electron chi connectivity index (χ3n) is 5.67. The molecule has 0 radical (unpaired) electrons. The lowest BCUT2D eigenvalue weighted by Crippen LogP contribution is -2.43. The summed E-state index contributed by atoms with van der Waals surface area (Å²) < 4.78 is 20.5. The fraction of sp³-hybridized carbons (Fsp3) is 0.579. The van der Waals surface area contributed by atoms with Gasteiger partial charge in [-0.3, -0.25) is 4.90 Å². The van der Waals surface area contributed by atoms with Crippen LogP contribution in [0.5, 0.6) is 5.75 Å². The summed E-state index contributed by atoms with van der Waals surface area (Å²) in [5.41, 5.74) is -1.61. The Morgan fingerprint density at radius 2 is 1.96 bits per heavy atom. The van der Waals surface area contributed by atoms with Gasteiger partial charge in [0.25, 0.3) is 0 Å². The number of halogens is 1. The first-order valence-electron chi connectivity index (χ1n) is 8.68. The Hall–Kier alpha value is -2.13. The maximum atomic E-state index is 15.4. The fourth-order valence-corrected chi connectivity index (χ4v) is 4.12. The summed E-state index contributed by atoms with van der Waals surface area (Å²) in [6, 6.07) is 9.41. The molecular formula is C19H23FN2O3. The summed E-state index contributed by atoms with van der Waals surface area (Å²) in [6.07, 6.45) is 3.25. The van der Waals surface area contributed by atoms with Gasteiger partial charge in [0.15, 0.2) is 0 Å². The molecule has 0 bridgehead atoms. The molecule has 1 aliphatic carbocycles. The van der Waals surface area contributed by atoms with Crippen LogP contribution in [0.1, 0.15) is 37.2 Å². The number of benzene rings is 1. The lowest BCUT2D eigenvalue weighted by molar-refractivity contribution is -0.151. The van der Waals surface area contributed by atoms with Crippen molar-refractivity contribution in [2.45, 2.75) is 43.3 Å². The number of carboxylic acids is 1. The minimum Gasteiger partial charge on any atom is -0.497 e. The third-order valence-corrected chi connectivity index (χ3v) is 5.67. The van der Waals surface area contributed by atoms with Gasteiger partial charge in [-0.25, -0.2) is 9.18 Å². The molecule has 1 saturated carbocycles. The SMILES string of the molecule is COc1ccc([C@@H]2CN([C@H]3CC[C@@H](C#N)CC3)C[C@@]2(F)C(=O)O)cc1. The van der Waals surface area contributed by atoms with Gasteiger partial charge in [-0.1, -0.05) is 12.1 Å². The highest BCUT2D eigenvalue weighted by molar-refractivity contribution is 5.80. The highest BCUT2D eigenvalue weighted by Crippen LogP contribution is 2.42. The van der Waals surface area contributed by atoms with Crippen LogP contribution in [-0.4, -0.2) is 47.9 Å². The van der Waals surface area contributed by atoms with E-state index in [9.17, 15) is 9.90 Å². The summed E-state index contributed by atoms with van der Waals surface area (Å²) in [4.78, 5) is 13.7. The second-order valence-electron chi connectivity index (χ2n) is 7.06. The molecule has 0 amide bonds. The zero-order chi connectivity index (χ0) is 18.0. The van der Waals surface area contributed by atoms with Gasteiger partial charge >= 0.3 is 5.97 Å². The van der Waals surface area contributed by atoms with Gasteiger partial charge in [-0.15, -0.1) is 0 Å². The molecule has 0 unspecified atom stereocenters. The molecule has 1 aromatic carbocycles. The number of nitriles is 1. The molecule has 2 fully saturated rings. The topological polar surface area (TPSA) is 73.6 Å². The zero-order valence-corrected chi connectivity index (χ0v) is 14.3. The van der Waals surface area contributed by atoms with Gasteiger partial charge in [0, 0.05) is 31.0 Å². The quantitative estimate of drug-likeness (QED) is 0.907. The Kier molecular flexibility index (Phi) is 4.96. The normalized spacial score (nSPS) is 32.9. The molecule has 1 aromatic rings. The van der Waals surface area contributed by atoms with Gasteiger partial charge < -0.3 is 9.84 Å². The Morgan fingerprint density at radius 3 is 2.48 bits per heavy atom. The van der Waals surface area contributed by atoms with Gasteiger partial charge in [0.05, 0.1) is 13.2 Å². The van der Waals surface area contributed by atoms with Crippen molar-refractivity contribution in [3.8, 4) is 11.8 Å². The Bertz CT molecular complexity index is 664. The van der Waals surface area contributed by atoms with E-state index in [2.05, 4.69) is 6.07 Å². The van der Waals surface area contributed by atoms with Gasteiger partial charge in [0.2, 0.25) is 5.67 Å². The van der Waals surface area contributed by atoms with Crippen LogP contribution in [-0.2, 0) is 4.79 Å². The number of rotatable bonds is 4. The maximum Gasteiger partial charge on any atom is 0.343 e. The lowest BCUT2D eigenvalue weighted by Gasteiger charge is -2.32. The van der Waals surface area contributed by atoms with Crippen LogP contribution < -0.4 is 4.74 Å².